The Bertz CT molecular complexity index is 381. The lowest BCUT2D eigenvalue weighted by Gasteiger charge is -2.10. The van der Waals surface area contributed by atoms with E-state index >= 15 is 0 Å². The Labute approximate surface area is 128 Å². The van der Waals surface area contributed by atoms with Gasteiger partial charge in [-0.3, -0.25) is 0 Å². The molecule has 0 saturated carbocycles. The average molecular weight is 298 g/mol. The molecule has 1 aromatic carbocycles. The van der Waals surface area contributed by atoms with Gasteiger partial charge in [0.15, 0.2) is 0 Å². The number of aryl methyl sites for hydroxylation is 2. The maximum atomic E-state index is 6.14. The highest BCUT2D eigenvalue weighted by Gasteiger charge is 2.03. The molecule has 0 heterocycles. The van der Waals surface area contributed by atoms with Crippen LogP contribution in [0.25, 0.3) is 0 Å². The van der Waals surface area contributed by atoms with Gasteiger partial charge in [0.2, 0.25) is 0 Å². The van der Waals surface area contributed by atoms with Crippen LogP contribution in [0.5, 0.6) is 5.75 Å². The first-order chi connectivity index (χ1) is 9.50. The van der Waals surface area contributed by atoms with Gasteiger partial charge in [0, 0.05) is 11.1 Å². The van der Waals surface area contributed by atoms with E-state index in [1.54, 1.807) is 0 Å². The van der Waals surface area contributed by atoms with Gasteiger partial charge in [-0.2, -0.15) is 0 Å². The Balaban J connectivity index is 2.13. The summed E-state index contributed by atoms with van der Waals surface area (Å²) < 4.78 is 5.79. The van der Waals surface area contributed by atoms with Crippen LogP contribution in [0.3, 0.4) is 0 Å². The van der Waals surface area contributed by atoms with E-state index < -0.39 is 0 Å². The molecule has 0 bridgehead atoms. The van der Waals surface area contributed by atoms with Crippen LogP contribution >= 0.6 is 11.6 Å². The van der Waals surface area contributed by atoms with Crippen LogP contribution in [0.15, 0.2) is 12.1 Å². The van der Waals surface area contributed by atoms with Crippen molar-refractivity contribution in [1.29, 1.82) is 0 Å². The first-order valence-corrected chi connectivity index (χ1v) is 8.01. The standard InChI is InChI=1S/C17H28ClNO/c1-13(2)19-9-7-5-6-8-10-20-16-11-14(3)17(18)15(4)12-16/h11-13,19H,5-10H2,1-4H3. The minimum Gasteiger partial charge on any atom is -0.494 e. The van der Waals surface area contributed by atoms with Gasteiger partial charge in [-0.25, -0.2) is 0 Å². The van der Waals surface area contributed by atoms with Crippen molar-refractivity contribution in [3.05, 3.63) is 28.3 Å². The van der Waals surface area contributed by atoms with Crippen molar-refractivity contribution in [2.24, 2.45) is 0 Å². The van der Waals surface area contributed by atoms with Crippen LogP contribution in [0.1, 0.15) is 50.7 Å². The normalized spacial score (nSPS) is 11.1. The summed E-state index contributed by atoms with van der Waals surface area (Å²) in [6.07, 6.45) is 4.85. The van der Waals surface area contributed by atoms with Gasteiger partial charge in [-0.15, -0.1) is 0 Å². The van der Waals surface area contributed by atoms with Gasteiger partial charge >= 0.3 is 0 Å². The fourth-order valence-corrected chi connectivity index (χ4v) is 2.26. The quantitative estimate of drug-likeness (QED) is 0.655. The maximum absolute atomic E-state index is 6.14. The number of rotatable bonds is 9. The van der Waals surface area contributed by atoms with E-state index in [1.165, 1.54) is 19.3 Å². The smallest absolute Gasteiger partial charge is 0.119 e. The van der Waals surface area contributed by atoms with Crippen molar-refractivity contribution in [3.8, 4) is 5.75 Å². The molecule has 0 aromatic heterocycles. The Morgan fingerprint density at radius 1 is 1.05 bits per heavy atom. The number of nitrogens with one attached hydrogen (secondary N) is 1. The van der Waals surface area contributed by atoms with Crippen LogP contribution in [0.2, 0.25) is 5.02 Å². The first kappa shape index (κ1) is 17.3. The van der Waals surface area contributed by atoms with Gasteiger partial charge in [0.1, 0.15) is 5.75 Å². The van der Waals surface area contributed by atoms with Crippen molar-refractivity contribution in [3.63, 3.8) is 0 Å². The number of halogens is 1. The average Bonchev–Trinajstić information content (AvgIpc) is 2.38. The predicted octanol–water partition coefficient (Wildman–Crippen LogP) is 4.89. The first-order valence-electron chi connectivity index (χ1n) is 7.63. The second-order valence-electron chi connectivity index (χ2n) is 5.74. The van der Waals surface area contributed by atoms with Crippen molar-refractivity contribution in [1.82, 2.24) is 5.32 Å². The summed E-state index contributed by atoms with van der Waals surface area (Å²) in [5.41, 5.74) is 2.17. The zero-order valence-electron chi connectivity index (χ0n) is 13.3. The Hall–Kier alpha value is -0.730. The zero-order chi connectivity index (χ0) is 15.0. The van der Waals surface area contributed by atoms with Crippen LogP contribution < -0.4 is 10.1 Å². The molecule has 1 N–H and O–H groups in total. The third-order valence-electron chi connectivity index (χ3n) is 3.30. The van der Waals surface area contributed by atoms with Crippen molar-refractivity contribution in [2.75, 3.05) is 13.2 Å². The van der Waals surface area contributed by atoms with Crippen LogP contribution in [0, 0.1) is 13.8 Å². The summed E-state index contributed by atoms with van der Waals surface area (Å²) in [5.74, 6) is 0.936. The van der Waals surface area contributed by atoms with E-state index in [9.17, 15) is 0 Å². The third-order valence-corrected chi connectivity index (χ3v) is 3.90. The molecule has 0 aliphatic rings. The SMILES string of the molecule is Cc1cc(OCCCCCCNC(C)C)cc(C)c1Cl. The molecule has 0 fully saturated rings. The minimum atomic E-state index is 0.592. The number of hydrogen-bond donors (Lipinski definition) is 1. The molecule has 0 aliphatic carbocycles. The number of unbranched alkanes of at least 4 members (excludes halogenated alkanes) is 3. The van der Waals surface area contributed by atoms with Crippen molar-refractivity contribution in [2.45, 2.75) is 59.4 Å². The fourth-order valence-electron chi connectivity index (χ4n) is 2.15. The van der Waals surface area contributed by atoms with Crippen LogP contribution in [-0.2, 0) is 0 Å². The van der Waals surface area contributed by atoms with Gasteiger partial charge in [0.25, 0.3) is 0 Å². The molecular weight excluding hydrogens is 270 g/mol. The second-order valence-corrected chi connectivity index (χ2v) is 6.12. The van der Waals surface area contributed by atoms with Crippen LogP contribution in [0.4, 0.5) is 0 Å². The van der Waals surface area contributed by atoms with Gasteiger partial charge in [-0.1, -0.05) is 38.3 Å². The lowest BCUT2D eigenvalue weighted by molar-refractivity contribution is 0.304. The molecule has 2 nitrogen and oxygen atoms in total. The number of hydrogen-bond acceptors (Lipinski definition) is 2. The van der Waals surface area contributed by atoms with Crippen LogP contribution in [-0.4, -0.2) is 19.2 Å². The number of benzene rings is 1. The van der Waals surface area contributed by atoms with Crippen molar-refractivity contribution < 1.29 is 4.74 Å². The summed E-state index contributed by atoms with van der Waals surface area (Å²) in [6.45, 7) is 10.3. The maximum Gasteiger partial charge on any atom is 0.119 e. The second kappa shape index (κ2) is 9.25. The minimum absolute atomic E-state index is 0.592. The lowest BCUT2D eigenvalue weighted by atomic mass is 10.1. The summed E-state index contributed by atoms with van der Waals surface area (Å²) in [6, 6.07) is 4.62. The molecule has 1 aromatic rings. The van der Waals surface area contributed by atoms with E-state index in [2.05, 4.69) is 19.2 Å². The molecule has 0 aliphatic heterocycles. The van der Waals surface area contributed by atoms with Gasteiger partial charge < -0.3 is 10.1 Å². The van der Waals surface area contributed by atoms with E-state index in [0.717, 1.165) is 41.5 Å². The molecule has 20 heavy (non-hydrogen) atoms. The van der Waals surface area contributed by atoms with E-state index in [0.29, 0.717) is 6.04 Å². The van der Waals surface area contributed by atoms with E-state index in [4.69, 9.17) is 16.3 Å². The Morgan fingerprint density at radius 3 is 2.25 bits per heavy atom. The largest absolute Gasteiger partial charge is 0.494 e. The fraction of sp³-hybridized carbons (Fsp3) is 0.647. The summed E-state index contributed by atoms with van der Waals surface area (Å²) in [7, 11) is 0. The lowest BCUT2D eigenvalue weighted by Crippen LogP contribution is -2.23. The molecule has 3 heteroatoms. The molecule has 0 amide bonds. The molecule has 1 rings (SSSR count). The highest BCUT2D eigenvalue weighted by Crippen LogP contribution is 2.25. The van der Waals surface area contributed by atoms with E-state index in [1.807, 2.05) is 26.0 Å². The monoisotopic (exact) mass is 297 g/mol. The summed E-state index contributed by atoms with van der Waals surface area (Å²) in [4.78, 5) is 0. The van der Waals surface area contributed by atoms with Gasteiger partial charge in [0.05, 0.1) is 6.61 Å². The Morgan fingerprint density at radius 2 is 1.65 bits per heavy atom. The topological polar surface area (TPSA) is 21.3 Å². The van der Waals surface area contributed by atoms with E-state index in [-0.39, 0.29) is 0 Å². The third kappa shape index (κ3) is 6.62. The molecule has 0 radical (unpaired) electrons. The molecule has 0 spiro atoms. The highest BCUT2D eigenvalue weighted by atomic mass is 35.5. The molecule has 0 saturated heterocycles. The Kier molecular flexibility index (Phi) is 8.01. The molecular formula is C17H28ClNO. The zero-order valence-corrected chi connectivity index (χ0v) is 14.0. The summed E-state index contributed by atoms with van der Waals surface area (Å²) in [5, 5.41) is 4.28. The molecule has 114 valence electrons. The van der Waals surface area contributed by atoms with Gasteiger partial charge in [-0.05, 0) is 56.5 Å². The molecule has 0 unspecified atom stereocenters. The predicted molar refractivity (Wildman–Crippen MR) is 88.0 cm³/mol. The summed E-state index contributed by atoms with van der Waals surface area (Å²) >= 11 is 6.14. The van der Waals surface area contributed by atoms with Crippen molar-refractivity contribution >= 4 is 11.6 Å². The highest BCUT2D eigenvalue weighted by molar-refractivity contribution is 6.32. The molecule has 0 atom stereocenters. The number of ether oxygens (including phenoxy) is 1.